The number of likely N-dealkylation sites (N-methyl/N-ethyl adjacent to an activating group) is 1. The van der Waals surface area contributed by atoms with Crippen LogP contribution in [0.2, 0.25) is 10.0 Å². The molecule has 4 saturated heterocycles. The van der Waals surface area contributed by atoms with Gasteiger partial charge in [-0.25, -0.2) is 9.97 Å². The minimum absolute atomic E-state index is 0.0937. The summed E-state index contributed by atoms with van der Waals surface area (Å²) in [6, 6.07) is -0.382. The molecule has 0 aliphatic carbocycles. The number of halogens is 3. The number of anilines is 2. The molecule has 21 nitrogen and oxygen atoms in total. The summed E-state index contributed by atoms with van der Waals surface area (Å²) in [7, 11) is 8.59. The Kier molecular flexibility index (Phi) is 20.2. The number of esters is 2. The summed E-state index contributed by atoms with van der Waals surface area (Å²) in [5, 5.41) is 13.3. The summed E-state index contributed by atoms with van der Waals surface area (Å²) in [6.45, 7) is 16.5. The number of methoxy groups -OCH3 is 3. The normalized spacial score (nSPS) is 38.2. The van der Waals surface area contributed by atoms with E-state index >= 15 is 9.59 Å². The molecule has 0 bridgehead atoms. The molecule has 434 valence electrons. The molecule has 0 spiro atoms. The Morgan fingerprint density at radius 3 is 2.24 bits per heavy atom. The van der Waals surface area contributed by atoms with Crippen LogP contribution in [0.5, 0.6) is 0 Å². The Bertz CT molecular complexity index is 2640. The van der Waals surface area contributed by atoms with Crippen molar-refractivity contribution in [3.63, 3.8) is 0 Å². The van der Waals surface area contributed by atoms with Gasteiger partial charge >= 0.3 is 11.9 Å². The van der Waals surface area contributed by atoms with Crippen LogP contribution >= 0.6 is 57.6 Å². The minimum Gasteiger partial charge on any atom is -0.453 e. The fourth-order valence-electron chi connectivity index (χ4n) is 12.0. The second-order valence-corrected chi connectivity index (χ2v) is 25.3. The molecule has 4 aliphatic rings. The van der Waals surface area contributed by atoms with Gasteiger partial charge in [0.1, 0.15) is 22.7 Å². The number of amides is 1. The molecule has 7 heterocycles. The Labute approximate surface area is 484 Å². The summed E-state index contributed by atoms with van der Waals surface area (Å²) < 4.78 is 59.0. The number of aliphatic hydroxyl groups is 1. The number of rotatable bonds is 14. The molecule has 25 heteroatoms. The third-order valence-corrected chi connectivity index (χ3v) is 19.8. The number of Topliss-reactive ketones (excluding diaryl/α,β-unsaturated/α-hetero) is 1. The van der Waals surface area contributed by atoms with Crippen LogP contribution < -0.4 is 11.1 Å². The van der Waals surface area contributed by atoms with Gasteiger partial charge in [-0.1, -0.05) is 44.0 Å². The Morgan fingerprint density at radius 2 is 1.62 bits per heavy atom. The highest BCUT2D eigenvalue weighted by Crippen LogP contribution is 2.50. The second kappa shape index (κ2) is 25.2. The lowest BCUT2D eigenvalue weighted by molar-refractivity contribution is -0.316. The highest BCUT2D eigenvalue weighted by Gasteiger charge is 2.62. The Balaban J connectivity index is 1.25. The first-order chi connectivity index (χ1) is 36.6. The van der Waals surface area contributed by atoms with E-state index in [0.29, 0.717) is 11.9 Å². The van der Waals surface area contributed by atoms with Crippen molar-refractivity contribution in [3.8, 4) is 0 Å². The predicted octanol–water partition coefficient (Wildman–Crippen LogP) is 6.98. The van der Waals surface area contributed by atoms with Gasteiger partial charge < -0.3 is 63.4 Å². The number of nitrogens with two attached hydrogens (primary N) is 1. The van der Waals surface area contributed by atoms with Crippen molar-refractivity contribution in [2.75, 3.05) is 52.2 Å². The lowest BCUT2D eigenvalue weighted by Gasteiger charge is -2.50. The molecule has 3 aromatic heterocycles. The van der Waals surface area contributed by atoms with Gasteiger partial charge in [-0.2, -0.15) is 0 Å². The van der Waals surface area contributed by atoms with Crippen molar-refractivity contribution in [3.05, 3.63) is 40.5 Å². The zero-order chi connectivity index (χ0) is 57.5. The number of carbonyl (C=O) groups excluding carboxylic acids is 4. The van der Waals surface area contributed by atoms with E-state index in [4.69, 9.17) is 71.6 Å². The standard InChI is InChI=1S/C53H76Cl2IN7O14S/c1-24-18-52(8,71-14)44(75-49-39(62(10)11)33(69-12)17-25(2)72-49)27(4)41(74-34-19-51(7,70-13)43(65)29(6)73-34)28(5)47(67)76-50(56)53(9)35(26(3)40(24)64)42(48(68)77-53)78-16-15-63-23-60-37-38(63)30(20-59-45(37)57)46(66)61-36-31(54)21-58-22-32(36)55/h20-29,33-35,39,41-44,49-50,65H,15-19H2,1-14H3,(H2,57,59)(H,58,61,66)/t24-,25-,26-,27+,28-,29+,33-,34+,35+,39+,41+,42?,43+,44-,49+,50+,51-,52-,53+/m1/s1. The number of aromatic nitrogens is 4. The van der Waals surface area contributed by atoms with E-state index < -0.39 is 111 Å². The van der Waals surface area contributed by atoms with Crippen LogP contribution in [-0.2, 0) is 63.6 Å². The molecule has 4 fully saturated rings. The van der Waals surface area contributed by atoms with Gasteiger partial charge in [-0.3, -0.25) is 29.1 Å². The minimum atomic E-state index is -1.52. The Hall–Kier alpha value is -3.05. The molecule has 0 aromatic carbocycles. The van der Waals surface area contributed by atoms with Gasteiger partial charge in [0.2, 0.25) is 0 Å². The molecular formula is C53H76Cl2IN7O14S. The first kappa shape index (κ1) is 62.5. The summed E-state index contributed by atoms with van der Waals surface area (Å²) in [6.07, 6.45) is 0.369. The summed E-state index contributed by atoms with van der Waals surface area (Å²) in [5.74, 6) is -5.78. The summed E-state index contributed by atoms with van der Waals surface area (Å²) >= 11 is 15.9. The molecule has 0 radical (unpaired) electrons. The summed E-state index contributed by atoms with van der Waals surface area (Å²) in [5.41, 5.74) is 3.35. The molecule has 7 rings (SSSR count). The van der Waals surface area contributed by atoms with E-state index in [9.17, 15) is 14.7 Å². The number of ether oxygens (including phenoxy) is 9. The topological polar surface area (TPSA) is 256 Å². The number of carbonyl (C=O) groups is 4. The van der Waals surface area contributed by atoms with Gasteiger partial charge in [0.05, 0.1) is 86.8 Å². The van der Waals surface area contributed by atoms with Crippen LogP contribution in [0, 0.1) is 29.6 Å². The number of hydrogen-bond acceptors (Lipinski definition) is 20. The maximum absolute atomic E-state index is 15.3. The molecule has 4 aliphatic heterocycles. The zero-order valence-corrected chi connectivity index (χ0v) is 51.2. The van der Waals surface area contributed by atoms with Crippen molar-refractivity contribution in [1.29, 1.82) is 0 Å². The fraction of sp³-hybridized carbons (Fsp3) is 0.717. The third-order valence-electron chi connectivity index (χ3n) is 16.5. The smallest absolute Gasteiger partial charge is 0.320 e. The number of ketones is 1. The van der Waals surface area contributed by atoms with Gasteiger partial charge in [0.15, 0.2) is 28.1 Å². The van der Waals surface area contributed by atoms with E-state index in [2.05, 4.69) is 20.3 Å². The van der Waals surface area contributed by atoms with Gasteiger partial charge in [0.25, 0.3) is 5.91 Å². The molecule has 3 aromatic rings. The van der Waals surface area contributed by atoms with Crippen molar-refractivity contribution in [1.82, 2.24) is 24.4 Å². The van der Waals surface area contributed by atoms with Crippen LogP contribution in [0.3, 0.4) is 0 Å². The van der Waals surface area contributed by atoms with E-state index in [0.717, 1.165) is 0 Å². The predicted molar refractivity (Wildman–Crippen MR) is 301 cm³/mol. The fourth-order valence-corrected chi connectivity index (χ4v) is 14.7. The first-order valence-corrected chi connectivity index (χ1v) is 29.2. The SMILES string of the molecule is CO[C@@H]1C[C@@H](C)O[C@@H](O[C@@H]2[C@@H](C)[C@H](O[C@H]3C[C@@](C)(OC)[C@@H](O)[C@H](C)O3)[C@@H](C)C(=O)O[C@H](I)[C@@]3(C)OC(=O)C(SCCn4cnc5c(N)ncc(C(=O)Nc6c(Cl)cncc6Cl)c54)[C@@H]3[C@@H](C)C(=O)[C@H](C)C[C@@]2(C)OC)[C@H]1N(C)C. The van der Waals surface area contributed by atoms with Crippen LogP contribution in [0.15, 0.2) is 24.9 Å². The van der Waals surface area contributed by atoms with Crippen molar-refractivity contribution in [2.24, 2.45) is 29.6 Å². The van der Waals surface area contributed by atoms with Crippen LogP contribution in [0.4, 0.5) is 11.5 Å². The number of imidazole rings is 1. The monoisotopic (exact) mass is 1260 g/mol. The average Bonchev–Trinajstić information content (AvgIpc) is 4.05. The zero-order valence-electron chi connectivity index (χ0n) is 46.7. The number of cyclic esters (lactones) is 1. The highest BCUT2D eigenvalue weighted by molar-refractivity contribution is 14.1. The Morgan fingerprint density at radius 1 is 0.949 bits per heavy atom. The molecule has 78 heavy (non-hydrogen) atoms. The number of alkyl halides is 1. The number of pyridine rings is 2. The first-order valence-electron chi connectivity index (χ1n) is 26.2. The maximum atomic E-state index is 15.3. The van der Waals surface area contributed by atoms with Crippen LogP contribution in [0.1, 0.15) is 91.9 Å². The highest BCUT2D eigenvalue weighted by atomic mass is 127. The lowest BCUT2D eigenvalue weighted by Crippen LogP contribution is -2.62. The number of aryl methyl sites for hydroxylation is 1. The van der Waals surface area contributed by atoms with Gasteiger partial charge in [-0.05, 0) is 84.6 Å². The molecule has 4 N–H and O–H groups in total. The number of nitrogens with zero attached hydrogens (tertiary/aromatic N) is 5. The molecule has 0 saturated carbocycles. The molecule has 1 unspecified atom stereocenters. The number of nitrogen functional groups attached to an aromatic ring is 1. The van der Waals surface area contributed by atoms with Crippen LogP contribution in [0.25, 0.3) is 11.0 Å². The number of aliphatic hydroxyl groups excluding tert-OH is 1. The quantitative estimate of drug-likeness (QED) is 0.0836. The van der Waals surface area contributed by atoms with E-state index in [1.807, 2.05) is 69.3 Å². The molecular weight excluding hydrogens is 1190 g/mol. The maximum Gasteiger partial charge on any atom is 0.320 e. The third kappa shape index (κ3) is 12.5. The van der Waals surface area contributed by atoms with E-state index in [1.165, 1.54) is 43.8 Å². The number of nitrogens with one attached hydrogen (secondary N) is 1. The number of fused-ring (bicyclic) bond motifs is 2. The number of hydrogen-bond donors (Lipinski definition) is 3. The van der Waals surface area contributed by atoms with Crippen molar-refractivity contribution < 1.29 is 66.9 Å². The van der Waals surface area contributed by atoms with Crippen molar-refractivity contribution in [2.45, 2.75) is 170 Å². The van der Waals surface area contributed by atoms with Crippen LogP contribution in [-0.4, -0.2) is 176 Å². The van der Waals surface area contributed by atoms with Gasteiger partial charge in [0, 0.05) is 88.7 Å². The van der Waals surface area contributed by atoms with E-state index in [1.54, 1.807) is 53.4 Å². The number of thioether (sulfide) groups is 1. The molecule has 19 atom stereocenters. The lowest BCUT2D eigenvalue weighted by atomic mass is 9.72. The second-order valence-electron chi connectivity index (χ2n) is 22.1. The summed E-state index contributed by atoms with van der Waals surface area (Å²) in [4.78, 5) is 73.3. The molecule has 1 amide bonds. The average molecular weight is 1270 g/mol. The van der Waals surface area contributed by atoms with Crippen molar-refractivity contribution >= 4 is 104 Å². The largest absolute Gasteiger partial charge is 0.453 e. The van der Waals surface area contributed by atoms with E-state index in [-0.39, 0.29) is 81.8 Å². The van der Waals surface area contributed by atoms with Gasteiger partial charge in [-0.15, -0.1) is 11.8 Å².